The van der Waals surface area contributed by atoms with Gasteiger partial charge in [-0.2, -0.15) is 13.5 Å². The summed E-state index contributed by atoms with van der Waals surface area (Å²) in [5.41, 5.74) is 0.0587. The lowest BCUT2D eigenvalue weighted by molar-refractivity contribution is -0.384. The number of nitro benzene ring substituents is 1. The molecule has 0 aliphatic carbocycles. The minimum atomic E-state index is -3.77. The molecule has 2 rings (SSSR count). The van der Waals surface area contributed by atoms with E-state index in [9.17, 15) is 18.5 Å². The van der Waals surface area contributed by atoms with Crippen molar-refractivity contribution < 1.29 is 13.3 Å². The van der Waals surface area contributed by atoms with Crippen LogP contribution in [0.15, 0.2) is 58.5 Å². The quantitative estimate of drug-likeness (QED) is 0.513. The number of rotatable bonds is 5. The van der Waals surface area contributed by atoms with Crippen molar-refractivity contribution in [1.82, 2.24) is 4.83 Å². The molecule has 0 amide bonds. The monoisotopic (exact) mass is 339 g/mol. The minimum absolute atomic E-state index is 0.00739. The highest BCUT2D eigenvalue weighted by Gasteiger charge is 2.13. The van der Waals surface area contributed by atoms with Crippen LogP contribution in [0.3, 0.4) is 0 Å². The maximum absolute atomic E-state index is 11.9. The van der Waals surface area contributed by atoms with Crippen LogP contribution in [0.4, 0.5) is 5.69 Å². The van der Waals surface area contributed by atoms with Gasteiger partial charge in [-0.25, -0.2) is 4.83 Å². The Labute approximate surface area is 131 Å². The zero-order valence-corrected chi connectivity index (χ0v) is 12.6. The Balaban J connectivity index is 2.17. The second-order valence-corrected chi connectivity index (χ2v) is 6.20. The van der Waals surface area contributed by atoms with Gasteiger partial charge in [-0.05, 0) is 18.2 Å². The summed E-state index contributed by atoms with van der Waals surface area (Å²) < 4.78 is 23.8. The summed E-state index contributed by atoms with van der Waals surface area (Å²) in [5, 5.41) is 14.3. The van der Waals surface area contributed by atoms with Crippen LogP contribution in [0, 0.1) is 10.1 Å². The second kappa shape index (κ2) is 6.54. The van der Waals surface area contributed by atoms with Crippen molar-refractivity contribution in [2.24, 2.45) is 5.10 Å². The minimum Gasteiger partial charge on any atom is -0.258 e. The molecule has 1 N–H and O–H groups in total. The van der Waals surface area contributed by atoms with E-state index < -0.39 is 14.9 Å². The zero-order valence-electron chi connectivity index (χ0n) is 11.0. The lowest BCUT2D eigenvalue weighted by atomic mass is 10.2. The maximum atomic E-state index is 11.9. The summed E-state index contributed by atoms with van der Waals surface area (Å²) in [4.78, 5) is 12.2. The van der Waals surface area contributed by atoms with E-state index in [1.54, 1.807) is 18.2 Å². The topological polar surface area (TPSA) is 102 Å². The molecule has 0 saturated heterocycles. The van der Waals surface area contributed by atoms with E-state index in [0.717, 1.165) is 6.21 Å². The van der Waals surface area contributed by atoms with Gasteiger partial charge in [0.2, 0.25) is 0 Å². The Hall–Kier alpha value is -2.45. The number of hydrogen-bond acceptors (Lipinski definition) is 5. The van der Waals surface area contributed by atoms with Crippen molar-refractivity contribution in [1.29, 1.82) is 0 Å². The summed E-state index contributed by atoms with van der Waals surface area (Å²) in [7, 11) is -3.77. The van der Waals surface area contributed by atoms with E-state index in [4.69, 9.17) is 11.6 Å². The van der Waals surface area contributed by atoms with Gasteiger partial charge >= 0.3 is 0 Å². The van der Waals surface area contributed by atoms with Gasteiger partial charge in [0.05, 0.1) is 16.0 Å². The first kappa shape index (κ1) is 15.9. The van der Waals surface area contributed by atoms with E-state index in [0.29, 0.717) is 5.56 Å². The predicted octanol–water partition coefficient (Wildman–Crippen LogP) is 2.56. The van der Waals surface area contributed by atoms with Crippen LogP contribution in [-0.2, 0) is 10.0 Å². The molecular weight excluding hydrogens is 330 g/mol. The van der Waals surface area contributed by atoms with Crippen LogP contribution in [-0.4, -0.2) is 19.6 Å². The van der Waals surface area contributed by atoms with Crippen LogP contribution >= 0.6 is 11.6 Å². The number of hydrogen-bond donors (Lipinski definition) is 1. The molecule has 0 aliphatic rings. The van der Waals surface area contributed by atoms with E-state index in [1.807, 2.05) is 4.83 Å². The smallest absolute Gasteiger partial charge is 0.258 e. The Morgan fingerprint density at radius 2 is 1.86 bits per heavy atom. The SMILES string of the molecule is O=[N+]([O-])c1cc(/C=N/NS(=O)(=O)c2ccccc2)ccc1Cl. The maximum Gasteiger partial charge on any atom is 0.288 e. The highest BCUT2D eigenvalue weighted by Crippen LogP contribution is 2.24. The molecule has 0 aromatic heterocycles. The second-order valence-electron chi connectivity index (χ2n) is 4.13. The number of benzene rings is 2. The first-order valence-electron chi connectivity index (χ1n) is 5.94. The van der Waals surface area contributed by atoms with Crippen LogP contribution in [0.1, 0.15) is 5.56 Å². The Morgan fingerprint density at radius 3 is 2.50 bits per heavy atom. The third kappa shape index (κ3) is 3.80. The molecule has 22 heavy (non-hydrogen) atoms. The molecule has 2 aromatic rings. The first-order valence-corrected chi connectivity index (χ1v) is 7.80. The molecule has 0 unspecified atom stereocenters. The van der Waals surface area contributed by atoms with Crippen molar-refractivity contribution in [2.75, 3.05) is 0 Å². The number of nitrogens with one attached hydrogen (secondary N) is 1. The zero-order chi connectivity index (χ0) is 16.2. The fraction of sp³-hybridized carbons (Fsp3) is 0. The Kier molecular flexibility index (Phi) is 4.74. The Morgan fingerprint density at radius 1 is 1.18 bits per heavy atom. The number of nitrogens with zero attached hydrogens (tertiary/aromatic N) is 2. The summed E-state index contributed by atoms with van der Waals surface area (Å²) >= 11 is 5.68. The van der Waals surface area contributed by atoms with Crippen molar-refractivity contribution in [3.05, 3.63) is 69.2 Å². The fourth-order valence-electron chi connectivity index (χ4n) is 1.57. The summed E-state index contributed by atoms with van der Waals surface area (Å²) in [6.07, 6.45) is 1.16. The standard InChI is InChI=1S/C13H10ClN3O4S/c14-12-7-6-10(8-13(12)17(18)19)9-15-16-22(20,21)11-4-2-1-3-5-11/h1-9,16H/b15-9+. The van der Waals surface area contributed by atoms with Gasteiger partial charge in [0.25, 0.3) is 15.7 Å². The molecule has 9 heteroatoms. The molecule has 0 fully saturated rings. The number of hydrazone groups is 1. The number of sulfonamides is 1. The molecule has 2 aromatic carbocycles. The number of halogens is 1. The van der Waals surface area contributed by atoms with Crippen LogP contribution < -0.4 is 4.83 Å². The largest absolute Gasteiger partial charge is 0.288 e. The van der Waals surface area contributed by atoms with Gasteiger partial charge in [0.1, 0.15) is 5.02 Å². The molecule has 0 aliphatic heterocycles. The molecule has 0 saturated carbocycles. The molecule has 0 radical (unpaired) electrons. The Bertz CT molecular complexity index is 822. The summed E-state index contributed by atoms with van der Waals surface area (Å²) in [6, 6.07) is 11.7. The van der Waals surface area contributed by atoms with E-state index in [-0.39, 0.29) is 15.6 Å². The lowest BCUT2D eigenvalue weighted by Crippen LogP contribution is -2.18. The molecule has 0 heterocycles. The van der Waals surface area contributed by atoms with Gasteiger partial charge in [0, 0.05) is 11.6 Å². The van der Waals surface area contributed by atoms with E-state index in [1.165, 1.54) is 30.3 Å². The third-order valence-corrected chi connectivity index (χ3v) is 4.17. The van der Waals surface area contributed by atoms with E-state index in [2.05, 4.69) is 5.10 Å². The van der Waals surface area contributed by atoms with Crippen LogP contribution in [0.2, 0.25) is 5.02 Å². The van der Waals surface area contributed by atoms with Crippen LogP contribution in [0.25, 0.3) is 0 Å². The molecule has 114 valence electrons. The lowest BCUT2D eigenvalue weighted by Gasteiger charge is -2.02. The van der Waals surface area contributed by atoms with Gasteiger partial charge in [0.15, 0.2) is 0 Å². The van der Waals surface area contributed by atoms with Gasteiger partial charge < -0.3 is 0 Å². The molecule has 7 nitrogen and oxygen atoms in total. The van der Waals surface area contributed by atoms with Crippen molar-refractivity contribution in [3.8, 4) is 0 Å². The van der Waals surface area contributed by atoms with E-state index >= 15 is 0 Å². The van der Waals surface area contributed by atoms with Gasteiger partial charge in [-0.1, -0.05) is 35.9 Å². The highest BCUT2D eigenvalue weighted by atomic mass is 35.5. The summed E-state index contributed by atoms with van der Waals surface area (Å²) in [5.74, 6) is 0. The fourth-order valence-corrected chi connectivity index (χ4v) is 2.57. The first-order chi connectivity index (χ1) is 10.4. The third-order valence-electron chi connectivity index (χ3n) is 2.61. The summed E-state index contributed by atoms with van der Waals surface area (Å²) in [6.45, 7) is 0. The molecular formula is C13H10ClN3O4S. The van der Waals surface area contributed by atoms with Crippen molar-refractivity contribution in [3.63, 3.8) is 0 Å². The number of nitro groups is 1. The predicted molar refractivity (Wildman–Crippen MR) is 82.5 cm³/mol. The molecule has 0 bridgehead atoms. The average molecular weight is 340 g/mol. The highest BCUT2D eigenvalue weighted by molar-refractivity contribution is 7.89. The molecule has 0 spiro atoms. The van der Waals surface area contributed by atoms with Crippen molar-refractivity contribution >= 4 is 33.5 Å². The van der Waals surface area contributed by atoms with Gasteiger partial charge in [-0.15, -0.1) is 0 Å². The molecule has 0 atom stereocenters. The van der Waals surface area contributed by atoms with Crippen LogP contribution in [0.5, 0.6) is 0 Å². The van der Waals surface area contributed by atoms with Gasteiger partial charge in [-0.3, -0.25) is 10.1 Å². The average Bonchev–Trinajstić information content (AvgIpc) is 2.49. The normalized spacial score (nSPS) is 11.5. The van der Waals surface area contributed by atoms with Crippen molar-refractivity contribution in [2.45, 2.75) is 4.90 Å².